The van der Waals surface area contributed by atoms with E-state index in [0.717, 1.165) is 17.0 Å². The van der Waals surface area contributed by atoms with Gasteiger partial charge in [0.25, 0.3) is 0 Å². The Morgan fingerprint density at radius 2 is 1.64 bits per heavy atom. The summed E-state index contributed by atoms with van der Waals surface area (Å²) in [5, 5.41) is 0.542. The molecule has 1 heterocycles. The van der Waals surface area contributed by atoms with Crippen molar-refractivity contribution >= 4 is 34.4 Å². The molecule has 0 fully saturated rings. The predicted molar refractivity (Wildman–Crippen MR) is 80.1 cm³/mol. The number of hydrogen-bond donors (Lipinski definition) is 0. The van der Waals surface area contributed by atoms with E-state index in [1.165, 1.54) is 17.8 Å². The van der Waals surface area contributed by atoms with Crippen molar-refractivity contribution in [1.82, 2.24) is 9.97 Å². The molecule has 112 valence electrons. The SMILES string of the molecule is FC(F)(F)c1ccc2nc(Cl)c(Sc3ccccc3)nc2c1. The van der Waals surface area contributed by atoms with Crippen molar-refractivity contribution in [2.45, 2.75) is 16.1 Å². The van der Waals surface area contributed by atoms with E-state index in [1.54, 1.807) is 0 Å². The zero-order valence-electron chi connectivity index (χ0n) is 10.9. The van der Waals surface area contributed by atoms with Crippen LogP contribution in [0.2, 0.25) is 5.15 Å². The highest BCUT2D eigenvalue weighted by Gasteiger charge is 2.30. The highest BCUT2D eigenvalue weighted by molar-refractivity contribution is 7.99. The Labute approximate surface area is 133 Å². The van der Waals surface area contributed by atoms with Gasteiger partial charge in [0, 0.05) is 4.90 Å². The summed E-state index contributed by atoms with van der Waals surface area (Å²) in [4.78, 5) is 9.20. The minimum Gasteiger partial charge on any atom is -0.236 e. The first kappa shape index (κ1) is 15.1. The van der Waals surface area contributed by atoms with E-state index in [2.05, 4.69) is 9.97 Å². The fourth-order valence-corrected chi connectivity index (χ4v) is 2.90. The number of rotatable bonds is 2. The van der Waals surface area contributed by atoms with E-state index in [9.17, 15) is 13.2 Å². The molecular formula is C15H8ClF3N2S. The van der Waals surface area contributed by atoms with E-state index in [0.29, 0.717) is 10.5 Å². The monoisotopic (exact) mass is 340 g/mol. The molecule has 3 aromatic rings. The molecule has 0 N–H and O–H groups in total. The van der Waals surface area contributed by atoms with Crippen LogP contribution in [0.4, 0.5) is 13.2 Å². The van der Waals surface area contributed by atoms with Crippen LogP contribution in [0.15, 0.2) is 58.5 Å². The maximum atomic E-state index is 12.8. The van der Waals surface area contributed by atoms with Crippen molar-refractivity contribution in [2.75, 3.05) is 0 Å². The lowest BCUT2D eigenvalue weighted by Crippen LogP contribution is -2.05. The van der Waals surface area contributed by atoms with Gasteiger partial charge in [-0.25, -0.2) is 9.97 Å². The van der Waals surface area contributed by atoms with Crippen molar-refractivity contribution in [1.29, 1.82) is 0 Å². The Morgan fingerprint density at radius 3 is 2.32 bits per heavy atom. The Hall–Kier alpha value is -1.79. The molecule has 0 spiro atoms. The summed E-state index contributed by atoms with van der Waals surface area (Å²) in [5.41, 5.74) is -0.264. The maximum Gasteiger partial charge on any atom is 0.416 e. The molecule has 3 rings (SSSR count). The first-order valence-electron chi connectivity index (χ1n) is 6.21. The van der Waals surface area contributed by atoms with Crippen molar-refractivity contribution in [3.05, 3.63) is 59.2 Å². The van der Waals surface area contributed by atoms with Crippen LogP contribution in [0.25, 0.3) is 11.0 Å². The largest absolute Gasteiger partial charge is 0.416 e. The number of benzene rings is 2. The molecule has 0 unspecified atom stereocenters. The first-order valence-corrected chi connectivity index (χ1v) is 7.40. The van der Waals surface area contributed by atoms with E-state index in [1.807, 2.05) is 30.3 Å². The zero-order valence-corrected chi connectivity index (χ0v) is 12.5. The molecule has 2 aromatic carbocycles. The second kappa shape index (κ2) is 5.78. The molecule has 7 heteroatoms. The number of fused-ring (bicyclic) bond motifs is 1. The van der Waals surface area contributed by atoms with Crippen LogP contribution in [-0.2, 0) is 6.18 Å². The van der Waals surface area contributed by atoms with Crippen LogP contribution in [0.3, 0.4) is 0 Å². The smallest absolute Gasteiger partial charge is 0.236 e. The second-order valence-electron chi connectivity index (χ2n) is 4.44. The average Bonchev–Trinajstić information content (AvgIpc) is 2.47. The molecule has 0 atom stereocenters. The molecule has 0 aliphatic carbocycles. The normalized spacial score (nSPS) is 11.8. The van der Waals surface area contributed by atoms with E-state index in [4.69, 9.17) is 11.6 Å². The van der Waals surface area contributed by atoms with Gasteiger partial charge in [0.15, 0.2) is 5.15 Å². The van der Waals surface area contributed by atoms with Gasteiger partial charge in [-0.1, -0.05) is 41.6 Å². The van der Waals surface area contributed by atoms with Gasteiger partial charge in [-0.05, 0) is 30.3 Å². The van der Waals surface area contributed by atoms with E-state index >= 15 is 0 Å². The number of hydrogen-bond acceptors (Lipinski definition) is 3. The molecule has 0 bridgehead atoms. The summed E-state index contributed by atoms with van der Waals surface area (Å²) in [6, 6.07) is 12.5. The highest BCUT2D eigenvalue weighted by Crippen LogP contribution is 2.34. The lowest BCUT2D eigenvalue weighted by atomic mass is 10.2. The first-order chi connectivity index (χ1) is 10.4. The van der Waals surface area contributed by atoms with Crippen LogP contribution < -0.4 is 0 Å². The lowest BCUT2D eigenvalue weighted by Gasteiger charge is -2.09. The predicted octanol–water partition coefficient (Wildman–Crippen LogP) is 5.45. The fourth-order valence-electron chi connectivity index (χ4n) is 1.86. The quantitative estimate of drug-likeness (QED) is 0.620. The van der Waals surface area contributed by atoms with Crippen LogP contribution in [-0.4, -0.2) is 9.97 Å². The number of nitrogens with zero attached hydrogens (tertiary/aromatic N) is 2. The lowest BCUT2D eigenvalue weighted by molar-refractivity contribution is -0.137. The summed E-state index contributed by atoms with van der Waals surface area (Å²) < 4.78 is 38.3. The summed E-state index contributed by atoms with van der Waals surface area (Å²) in [7, 11) is 0. The molecule has 2 nitrogen and oxygen atoms in total. The maximum absolute atomic E-state index is 12.8. The highest BCUT2D eigenvalue weighted by atomic mass is 35.5. The third kappa shape index (κ3) is 3.18. The third-order valence-corrected chi connectivity index (χ3v) is 4.24. The van der Waals surface area contributed by atoms with Gasteiger partial charge in [0.05, 0.1) is 16.6 Å². The minimum atomic E-state index is -4.41. The number of halogens is 4. The molecule has 0 aliphatic heterocycles. The Bertz CT molecular complexity index is 822. The number of alkyl halides is 3. The van der Waals surface area contributed by atoms with Gasteiger partial charge in [-0.15, -0.1) is 0 Å². The van der Waals surface area contributed by atoms with Crippen molar-refractivity contribution < 1.29 is 13.2 Å². The Balaban J connectivity index is 2.05. The molecule has 0 aliphatic rings. The van der Waals surface area contributed by atoms with E-state index < -0.39 is 11.7 Å². The van der Waals surface area contributed by atoms with Gasteiger partial charge in [0.1, 0.15) is 5.03 Å². The number of aromatic nitrogens is 2. The summed E-state index contributed by atoms with van der Waals surface area (Å²) in [5.74, 6) is 0. The molecule has 1 aromatic heterocycles. The van der Waals surface area contributed by atoms with E-state index in [-0.39, 0.29) is 10.7 Å². The van der Waals surface area contributed by atoms with Crippen LogP contribution in [0.5, 0.6) is 0 Å². The Kier molecular flexibility index (Phi) is 3.97. The summed E-state index contributed by atoms with van der Waals surface area (Å²) >= 11 is 7.32. The van der Waals surface area contributed by atoms with Crippen molar-refractivity contribution in [2.24, 2.45) is 0 Å². The van der Waals surface area contributed by atoms with Gasteiger partial charge in [0.2, 0.25) is 0 Å². The standard InChI is InChI=1S/C15H8ClF3N2S/c16-13-14(22-10-4-2-1-3-5-10)21-12-8-9(15(17,18)19)6-7-11(12)20-13/h1-8H. The van der Waals surface area contributed by atoms with Gasteiger partial charge >= 0.3 is 6.18 Å². The van der Waals surface area contributed by atoms with Gasteiger partial charge < -0.3 is 0 Å². The van der Waals surface area contributed by atoms with Crippen LogP contribution in [0.1, 0.15) is 5.56 Å². The summed E-state index contributed by atoms with van der Waals surface area (Å²) in [6.45, 7) is 0. The summed E-state index contributed by atoms with van der Waals surface area (Å²) in [6.07, 6.45) is -4.41. The van der Waals surface area contributed by atoms with Crippen LogP contribution in [0, 0.1) is 0 Å². The van der Waals surface area contributed by atoms with Gasteiger partial charge in [-0.3, -0.25) is 0 Å². The average molecular weight is 341 g/mol. The van der Waals surface area contributed by atoms with Crippen molar-refractivity contribution in [3.8, 4) is 0 Å². The van der Waals surface area contributed by atoms with Crippen LogP contribution >= 0.6 is 23.4 Å². The molecular weight excluding hydrogens is 333 g/mol. The molecule has 0 radical (unpaired) electrons. The topological polar surface area (TPSA) is 25.8 Å². The molecule has 22 heavy (non-hydrogen) atoms. The van der Waals surface area contributed by atoms with Gasteiger partial charge in [-0.2, -0.15) is 13.2 Å². The third-order valence-electron chi connectivity index (χ3n) is 2.88. The zero-order chi connectivity index (χ0) is 15.7. The van der Waals surface area contributed by atoms with Crippen molar-refractivity contribution in [3.63, 3.8) is 0 Å². The molecule has 0 amide bonds. The fraction of sp³-hybridized carbons (Fsp3) is 0.0667. The molecule has 0 saturated heterocycles. The molecule has 0 saturated carbocycles. The second-order valence-corrected chi connectivity index (χ2v) is 5.86. The minimum absolute atomic E-state index is 0.164. The Morgan fingerprint density at radius 1 is 0.909 bits per heavy atom.